The predicted molar refractivity (Wildman–Crippen MR) is 56.1 cm³/mol. The molecule has 2 aromatic rings. The van der Waals surface area contributed by atoms with Crippen molar-refractivity contribution in [2.24, 2.45) is 5.73 Å². The fraction of sp³-hybridized carbons (Fsp3) is 0.333. The first-order valence-corrected chi connectivity index (χ1v) is 5.22. The lowest BCUT2D eigenvalue weighted by Gasteiger charge is -2.00. The minimum Gasteiger partial charge on any atom is -0.328 e. The number of thiazole rings is 1. The molecular formula is C9H12N4S. The molecule has 0 aliphatic heterocycles. The molecule has 4 nitrogen and oxygen atoms in total. The zero-order valence-corrected chi connectivity index (χ0v) is 8.79. The summed E-state index contributed by atoms with van der Waals surface area (Å²) in [6.07, 6.45) is 5.60. The van der Waals surface area contributed by atoms with Gasteiger partial charge in [0.05, 0.1) is 6.54 Å². The minimum atomic E-state index is 0.570. The van der Waals surface area contributed by atoms with Crippen LogP contribution in [0.25, 0.3) is 0 Å². The molecule has 0 spiro atoms. The fourth-order valence-electron chi connectivity index (χ4n) is 1.23. The summed E-state index contributed by atoms with van der Waals surface area (Å²) in [6, 6.07) is 0. The number of hydrogen-bond acceptors (Lipinski definition) is 4. The van der Waals surface area contributed by atoms with Gasteiger partial charge >= 0.3 is 0 Å². The Balaban J connectivity index is 2.15. The zero-order chi connectivity index (χ0) is 9.97. The number of aryl methyl sites for hydroxylation is 1. The van der Waals surface area contributed by atoms with Gasteiger partial charge in [0.15, 0.2) is 0 Å². The highest BCUT2D eigenvalue weighted by atomic mass is 32.1. The van der Waals surface area contributed by atoms with Crippen LogP contribution in [0.5, 0.6) is 0 Å². The third-order valence-electron chi connectivity index (χ3n) is 2.03. The van der Waals surface area contributed by atoms with E-state index in [4.69, 9.17) is 5.73 Å². The molecule has 14 heavy (non-hydrogen) atoms. The molecule has 5 heteroatoms. The van der Waals surface area contributed by atoms with E-state index in [1.54, 1.807) is 17.5 Å². The molecule has 0 aliphatic rings. The first kappa shape index (κ1) is 9.36. The highest BCUT2D eigenvalue weighted by Gasteiger charge is 2.03. The molecule has 0 fully saturated rings. The summed E-state index contributed by atoms with van der Waals surface area (Å²) in [7, 11) is 0. The molecule has 0 amide bonds. The van der Waals surface area contributed by atoms with Gasteiger partial charge in [0, 0.05) is 30.0 Å². The van der Waals surface area contributed by atoms with Gasteiger partial charge in [0.25, 0.3) is 0 Å². The molecule has 74 valence electrons. The summed E-state index contributed by atoms with van der Waals surface area (Å²) in [6.45, 7) is 3.34. The van der Waals surface area contributed by atoms with Crippen molar-refractivity contribution in [1.82, 2.24) is 14.5 Å². The Morgan fingerprint density at radius 3 is 2.93 bits per heavy atom. The van der Waals surface area contributed by atoms with E-state index in [-0.39, 0.29) is 0 Å². The van der Waals surface area contributed by atoms with Crippen molar-refractivity contribution >= 4 is 11.3 Å². The Hall–Kier alpha value is -1.20. The second-order valence-corrected chi connectivity index (χ2v) is 4.23. The van der Waals surface area contributed by atoms with Crippen molar-refractivity contribution < 1.29 is 0 Å². The van der Waals surface area contributed by atoms with Gasteiger partial charge in [-0.1, -0.05) is 0 Å². The third-order valence-corrected chi connectivity index (χ3v) is 3.04. The van der Waals surface area contributed by atoms with Gasteiger partial charge in [-0.15, -0.1) is 11.3 Å². The molecule has 0 aromatic carbocycles. The van der Waals surface area contributed by atoms with E-state index in [9.17, 15) is 0 Å². The second-order valence-electron chi connectivity index (χ2n) is 3.03. The molecule has 2 N–H and O–H groups in total. The van der Waals surface area contributed by atoms with E-state index in [2.05, 4.69) is 14.5 Å². The fourth-order valence-corrected chi connectivity index (χ4v) is 2.03. The number of imidazole rings is 1. The molecule has 0 aliphatic carbocycles. The Kier molecular flexibility index (Phi) is 2.60. The lowest BCUT2D eigenvalue weighted by atomic mass is 10.5. The van der Waals surface area contributed by atoms with Gasteiger partial charge in [-0.25, -0.2) is 9.97 Å². The lowest BCUT2D eigenvalue weighted by molar-refractivity contribution is 0.756. The largest absolute Gasteiger partial charge is 0.328 e. The maximum atomic E-state index is 5.52. The average molecular weight is 208 g/mol. The Labute approximate surface area is 86.4 Å². The summed E-state index contributed by atoms with van der Waals surface area (Å²) >= 11 is 1.66. The topological polar surface area (TPSA) is 56.7 Å². The van der Waals surface area contributed by atoms with Crippen LogP contribution in [0.15, 0.2) is 18.6 Å². The van der Waals surface area contributed by atoms with Crippen LogP contribution in [0.4, 0.5) is 0 Å². The molecule has 0 saturated carbocycles. The van der Waals surface area contributed by atoms with Gasteiger partial charge in [-0.3, -0.25) is 0 Å². The number of rotatable bonds is 3. The highest BCUT2D eigenvalue weighted by Crippen LogP contribution is 2.13. The molecule has 0 radical (unpaired) electrons. The molecule has 2 aromatic heterocycles. The number of nitrogens with zero attached hydrogens (tertiary/aromatic N) is 3. The Bertz CT molecular complexity index is 418. The summed E-state index contributed by atoms with van der Waals surface area (Å²) in [5.74, 6) is 1.01. The van der Waals surface area contributed by atoms with Crippen LogP contribution < -0.4 is 5.73 Å². The van der Waals surface area contributed by atoms with Crippen LogP contribution in [0, 0.1) is 6.92 Å². The predicted octanol–water partition coefficient (Wildman–Crippen LogP) is 1.16. The van der Waals surface area contributed by atoms with E-state index in [0.717, 1.165) is 22.3 Å². The smallest absolute Gasteiger partial charge is 0.113 e. The normalized spacial score (nSPS) is 10.7. The van der Waals surface area contributed by atoms with Crippen LogP contribution in [0.1, 0.15) is 15.7 Å². The van der Waals surface area contributed by atoms with Crippen LogP contribution in [0.2, 0.25) is 0 Å². The first-order chi connectivity index (χ1) is 6.79. The summed E-state index contributed by atoms with van der Waals surface area (Å²) in [5, 5.41) is 1.08. The van der Waals surface area contributed by atoms with E-state index in [0.29, 0.717) is 6.54 Å². The highest BCUT2D eigenvalue weighted by molar-refractivity contribution is 7.11. The molecule has 0 atom stereocenters. The van der Waals surface area contributed by atoms with E-state index >= 15 is 0 Å². The van der Waals surface area contributed by atoms with Gasteiger partial charge in [0.1, 0.15) is 10.8 Å². The average Bonchev–Trinajstić information content (AvgIpc) is 2.77. The van der Waals surface area contributed by atoms with Gasteiger partial charge < -0.3 is 10.3 Å². The molecule has 2 rings (SSSR count). The van der Waals surface area contributed by atoms with E-state index < -0.39 is 0 Å². The van der Waals surface area contributed by atoms with Gasteiger partial charge in [-0.05, 0) is 6.92 Å². The van der Waals surface area contributed by atoms with Crippen LogP contribution in [0.3, 0.4) is 0 Å². The van der Waals surface area contributed by atoms with Crippen LogP contribution in [-0.2, 0) is 13.1 Å². The lowest BCUT2D eigenvalue weighted by Crippen LogP contribution is -1.99. The maximum absolute atomic E-state index is 5.52. The molecule has 0 bridgehead atoms. The Morgan fingerprint density at radius 2 is 2.36 bits per heavy atom. The van der Waals surface area contributed by atoms with Crippen LogP contribution in [-0.4, -0.2) is 14.5 Å². The van der Waals surface area contributed by atoms with Crippen molar-refractivity contribution in [3.63, 3.8) is 0 Å². The summed E-state index contributed by atoms with van der Waals surface area (Å²) in [5.41, 5.74) is 5.52. The van der Waals surface area contributed by atoms with Crippen molar-refractivity contribution in [2.75, 3.05) is 0 Å². The first-order valence-electron chi connectivity index (χ1n) is 4.41. The monoisotopic (exact) mass is 208 g/mol. The Morgan fingerprint density at radius 1 is 1.50 bits per heavy atom. The molecule has 2 heterocycles. The van der Waals surface area contributed by atoms with Crippen molar-refractivity contribution in [2.45, 2.75) is 20.0 Å². The number of nitrogens with two attached hydrogens (primary N) is 1. The molecular weight excluding hydrogens is 196 g/mol. The zero-order valence-electron chi connectivity index (χ0n) is 7.97. The third kappa shape index (κ3) is 1.83. The molecule has 0 saturated heterocycles. The second kappa shape index (κ2) is 3.89. The quantitative estimate of drug-likeness (QED) is 0.823. The number of aromatic nitrogens is 3. The summed E-state index contributed by atoms with van der Waals surface area (Å²) < 4.78 is 2.07. The molecule has 0 unspecified atom stereocenters. The summed E-state index contributed by atoms with van der Waals surface area (Å²) in [4.78, 5) is 9.57. The van der Waals surface area contributed by atoms with Crippen LogP contribution >= 0.6 is 11.3 Å². The SMILES string of the molecule is Cc1nccn1Cc1ncc(CN)s1. The van der Waals surface area contributed by atoms with Gasteiger partial charge in [0.2, 0.25) is 0 Å². The van der Waals surface area contributed by atoms with E-state index in [1.807, 2.05) is 19.3 Å². The van der Waals surface area contributed by atoms with E-state index in [1.165, 1.54) is 0 Å². The van der Waals surface area contributed by atoms with Crippen molar-refractivity contribution in [3.8, 4) is 0 Å². The number of hydrogen-bond donors (Lipinski definition) is 1. The maximum Gasteiger partial charge on any atom is 0.113 e. The standard InChI is InChI=1S/C9H12N4S/c1-7-11-2-3-13(7)6-9-12-5-8(4-10)14-9/h2-3,5H,4,6,10H2,1H3. The van der Waals surface area contributed by atoms with Crippen molar-refractivity contribution in [1.29, 1.82) is 0 Å². The minimum absolute atomic E-state index is 0.570. The van der Waals surface area contributed by atoms with Gasteiger partial charge in [-0.2, -0.15) is 0 Å². The van der Waals surface area contributed by atoms with Crippen molar-refractivity contribution in [3.05, 3.63) is 34.3 Å².